The Hall–Kier alpha value is -1.14. The molecule has 0 bridgehead atoms. The highest BCUT2D eigenvalue weighted by atomic mass is 79.9. The minimum atomic E-state index is -0.198. The molecule has 2 aromatic rings. The van der Waals surface area contributed by atoms with Crippen LogP contribution in [-0.4, -0.2) is 10.9 Å². The summed E-state index contributed by atoms with van der Waals surface area (Å²) in [5.74, 6) is 1.14. The topological polar surface area (TPSA) is 55.1 Å². The van der Waals surface area contributed by atoms with Gasteiger partial charge in [-0.3, -0.25) is 10.1 Å². The van der Waals surface area contributed by atoms with Crippen molar-refractivity contribution in [2.24, 2.45) is 0 Å². The predicted octanol–water partition coefficient (Wildman–Crippen LogP) is 3.37. The third kappa shape index (κ3) is 2.33. The second-order valence-corrected chi connectivity index (χ2v) is 5.66. The van der Waals surface area contributed by atoms with E-state index >= 15 is 0 Å². The standard InChI is InChI=1S/C10H9BrN2O2S/c1-5-3-7(6(2)15-5)9(14)13-10-12-4-8(11)16-10/h3-4H,1-2H3,(H,12,13,14). The largest absolute Gasteiger partial charge is 0.466 e. The number of aromatic nitrogens is 1. The van der Waals surface area contributed by atoms with Gasteiger partial charge in [0.1, 0.15) is 11.5 Å². The number of hydrogen-bond donors (Lipinski definition) is 1. The molecule has 0 unspecified atom stereocenters. The lowest BCUT2D eigenvalue weighted by molar-refractivity contribution is 0.102. The quantitative estimate of drug-likeness (QED) is 0.925. The Morgan fingerprint density at radius 2 is 2.31 bits per heavy atom. The number of carbonyl (C=O) groups excluding carboxylic acids is 1. The van der Waals surface area contributed by atoms with E-state index in [0.29, 0.717) is 16.5 Å². The third-order valence-corrected chi connectivity index (χ3v) is 3.38. The summed E-state index contributed by atoms with van der Waals surface area (Å²) in [5.41, 5.74) is 0.545. The molecule has 0 aromatic carbocycles. The number of carbonyl (C=O) groups is 1. The average Bonchev–Trinajstić information content (AvgIpc) is 2.73. The molecule has 0 saturated carbocycles. The summed E-state index contributed by atoms with van der Waals surface area (Å²) in [6.07, 6.45) is 1.65. The van der Waals surface area contributed by atoms with Gasteiger partial charge in [-0.25, -0.2) is 4.98 Å². The molecule has 0 aliphatic carbocycles. The van der Waals surface area contributed by atoms with E-state index in [-0.39, 0.29) is 5.91 Å². The number of nitrogens with zero attached hydrogens (tertiary/aromatic N) is 1. The van der Waals surface area contributed by atoms with Crippen LogP contribution in [0.15, 0.2) is 20.5 Å². The second-order valence-electron chi connectivity index (χ2n) is 3.25. The van der Waals surface area contributed by atoms with Gasteiger partial charge in [0, 0.05) is 0 Å². The predicted molar refractivity (Wildman–Crippen MR) is 65.9 cm³/mol. The van der Waals surface area contributed by atoms with Crippen molar-refractivity contribution in [3.05, 3.63) is 33.1 Å². The van der Waals surface area contributed by atoms with E-state index in [1.54, 1.807) is 19.2 Å². The summed E-state index contributed by atoms with van der Waals surface area (Å²) in [4.78, 5) is 15.9. The van der Waals surface area contributed by atoms with Gasteiger partial charge in [-0.15, -0.1) is 0 Å². The van der Waals surface area contributed by atoms with Crippen LogP contribution in [0.4, 0.5) is 5.13 Å². The Kier molecular flexibility index (Phi) is 3.11. The van der Waals surface area contributed by atoms with Crippen LogP contribution >= 0.6 is 27.3 Å². The van der Waals surface area contributed by atoms with Gasteiger partial charge in [0.25, 0.3) is 5.91 Å². The molecule has 84 valence electrons. The molecule has 2 heterocycles. The van der Waals surface area contributed by atoms with Gasteiger partial charge in [-0.1, -0.05) is 11.3 Å². The molecule has 2 aromatic heterocycles. The van der Waals surface area contributed by atoms with Crippen molar-refractivity contribution in [3.8, 4) is 0 Å². The van der Waals surface area contributed by atoms with Gasteiger partial charge in [0.05, 0.1) is 15.5 Å². The summed E-state index contributed by atoms with van der Waals surface area (Å²) in [5, 5.41) is 3.28. The summed E-state index contributed by atoms with van der Waals surface area (Å²) in [7, 11) is 0. The van der Waals surface area contributed by atoms with Crippen molar-refractivity contribution in [2.75, 3.05) is 5.32 Å². The molecular weight excluding hydrogens is 292 g/mol. The molecule has 0 aliphatic rings. The van der Waals surface area contributed by atoms with E-state index in [1.807, 2.05) is 6.92 Å². The Bertz CT molecular complexity index is 533. The summed E-state index contributed by atoms with van der Waals surface area (Å²) < 4.78 is 6.17. The molecule has 16 heavy (non-hydrogen) atoms. The molecule has 0 spiro atoms. The maximum atomic E-state index is 11.8. The summed E-state index contributed by atoms with van der Waals surface area (Å²) >= 11 is 4.65. The lowest BCUT2D eigenvalue weighted by Crippen LogP contribution is -2.11. The number of hydrogen-bond acceptors (Lipinski definition) is 4. The number of thiazole rings is 1. The number of rotatable bonds is 2. The van der Waals surface area contributed by atoms with Crippen LogP contribution in [0.25, 0.3) is 0 Å². The fourth-order valence-electron chi connectivity index (χ4n) is 1.33. The van der Waals surface area contributed by atoms with Gasteiger partial charge in [0.15, 0.2) is 5.13 Å². The lowest BCUT2D eigenvalue weighted by atomic mass is 10.2. The van der Waals surface area contributed by atoms with E-state index < -0.39 is 0 Å². The van der Waals surface area contributed by atoms with Crippen LogP contribution in [0, 0.1) is 13.8 Å². The van der Waals surface area contributed by atoms with Crippen molar-refractivity contribution in [2.45, 2.75) is 13.8 Å². The van der Waals surface area contributed by atoms with Crippen molar-refractivity contribution in [1.29, 1.82) is 0 Å². The van der Waals surface area contributed by atoms with Crippen molar-refractivity contribution in [1.82, 2.24) is 4.98 Å². The Morgan fingerprint density at radius 1 is 1.56 bits per heavy atom. The number of aryl methyl sites for hydroxylation is 2. The van der Waals surface area contributed by atoms with Crippen LogP contribution < -0.4 is 5.32 Å². The van der Waals surface area contributed by atoms with Crippen molar-refractivity contribution >= 4 is 38.3 Å². The first kappa shape index (κ1) is 11.3. The number of nitrogens with one attached hydrogen (secondary N) is 1. The summed E-state index contributed by atoms with van der Waals surface area (Å²) in [6, 6.07) is 1.72. The number of anilines is 1. The Balaban J connectivity index is 2.17. The molecule has 6 heteroatoms. The van der Waals surface area contributed by atoms with Gasteiger partial charge in [-0.2, -0.15) is 0 Å². The minimum absolute atomic E-state index is 0.198. The molecule has 1 amide bonds. The van der Waals surface area contributed by atoms with E-state index in [1.165, 1.54) is 11.3 Å². The Morgan fingerprint density at radius 3 is 2.81 bits per heavy atom. The van der Waals surface area contributed by atoms with Crippen molar-refractivity contribution in [3.63, 3.8) is 0 Å². The van der Waals surface area contributed by atoms with Crippen LogP contribution in [0.1, 0.15) is 21.9 Å². The molecule has 1 N–H and O–H groups in total. The highest BCUT2D eigenvalue weighted by molar-refractivity contribution is 9.11. The monoisotopic (exact) mass is 300 g/mol. The molecule has 4 nitrogen and oxygen atoms in total. The maximum Gasteiger partial charge on any atom is 0.260 e. The van der Waals surface area contributed by atoms with Gasteiger partial charge < -0.3 is 4.42 Å². The highest BCUT2D eigenvalue weighted by Gasteiger charge is 2.14. The molecule has 0 fully saturated rings. The maximum absolute atomic E-state index is 11.8. The molecule has 0 aliphatic heterocycles. The minimum Gasteiger partial charge on any atom is -0.466 e. The fourth-order valence-corrected chi connectivity index (χ4v) is 2.43. The first-order valence-corrected chi connectivity index (χ1v) is 6.17. The number of halogens is 1. The molecule has 0 radical (unpaired) electrons. The highest BCUT2D eigenvalue weighted by Crippen LogP contribution is 2.24. The van der Waals surface area contributed by atoms with Crippen LogP contribution in [0.3, 0.4) is 0 Å². The third-order valence-electron chi connectivity index (χ3n) is 1.98. The number of furan rings is 1. The van der Waals surface area contributed by atoms with E-state index in [2.05, 4.69) is 26.2 Å². The lowest BCUT2D eigenvalue weighted by Gasteiger charge is -1.98. The van der Waals surface area contributed by atoms with E-state index in [0.717, 1.165) is 9.55 Å². The molecule has 0 saturated heterocycles. The van der Waals surface area contributed by atoms with Gasteiger partial charge in [0.2, 0.25) is 0 Å². The van der Waals surface area contributed by atoms with Crippen molar-refractivity contribution < 1.29 is 9.21 Å². The fraction of sp³-hybridized carbons (Fsp3) is 0.200. The van der Waals surface area contributed by atoms with Crippen LogP contribution in [0.5, 0.6) is 0 Å². The average molecular weight is 301 g/mol. The first-order chi connectivity index (χ1) is 7.56. The zero-order valence-corrected chi connectivity index (χ0v) is 11.1. The van der Waals surface area contributed by atoms with Crippen LogP contribution in [-0.2, 0) is 0 Å². The first-order valence-electron chi connectivity index (χ1n) is 4.56. The van der Waals surface area contributed by atoms with E-state index in [4.69, 9.17) is 4.42 Å². The zero-order valence-electron chi connectivity index (χ0n) is 8.70. The molecule has 2 rings (SSSR count). The van der Waals surface area contributed by atoms with Gasteiger partial charge in [-0.05, 0) is 35.8 Å². The zero-order chi connectivity index (χ0) is 11.7. The van der Waals surface area contributed by atoms with E-state index in [9.17, 15) is 4.79 Å². The molecular formula is C10H9BrN2O2S. The Labute approximate surface area is 105 Å². The second kappa shape index (κ2) is 4.39. The van der Waals surface area contributed by atoms with Gasteiger partial charge >= 0.3 is 0 Å². The summed E-state index contributed by atoms with van der Waals surface area (Å²) in [6.45, 7) is 3.57. The SMILES string of the molecule is Cc1cc(C(=O)Nc2ncc(Br)s2)c(C)o1. The number of amides is 1. The van der Waals surface area contributed by atoms with Crippen LogP contribution in [0.2, 0.25) is 0 Å². The smallest absolute Gasteiger partial charge is 0.260 e. The normalized spacial score (nSPS) is 10.4. The molecule has 0 atom stereocenters.